The average molecular weight is 300 g/mol. The minimum Gasteiger partial charge on any atom is -0.355 e. The van der Waals surface area contributed by atoms with Crippen LogP contribution in [0.2, 0.25) is 0 Å². The fourth-order valence-corrected chi connectivity index (χ4v) is 2.11. The van der Waals surface area contributed by atoms with Gasteiger partial charge in [0.2, 0.25) is 5.91 Å². The largest absolute Gasteiger partial charge is 0.355 e. The Bertz CT molecular complexity index is 652. The Labute approximate surface area is 129 Å². The highest BCUT2D eigenvalue weighted by Crippen LogP contribution is 2.15. The number of carbonyl (C=O) groups is 2. The van der Waals surface area contributed by atoms with Crippen LogP contribution in [0.3, 0.4) is 0 Å². The number of fused-ring (bicyclic) bond motifs is 1. The second-order valence-corrected chi connectivity index (χ2v) is 4.86. The van der Waals surface area contributed by atoms with E-state index in [1.165, 1.54) is 6.92 Å². The SMILES string of the molecule is CC(=O)NCCNCCNC(=O)c1ccnc2ccccc12. The molecule has 0 saturated carbocycles. The van der Waals surface area contributed by atoms with Crippen LogP contribution in [-0.2, 0) is 4.79 Å². The Balaban J connectivity index is 1.78. The third kappa shape index (κ3) is 4.53. The maximum absolute atomic E-state index is 12.2. The van der Waals surface area contributed by atoms with E-state index >= 15 is 0 Å². The van der Waals surface area contributed by atoms with Crippen LogP contribution in [0.25, 0.3) is 10.9 Å². The molecule has 0 fully saturated rings. The average Bonchev–Trinajstić information content (AvgIpc) is 2.53. The second kappa shape index (κ2) is 8.09. The zero-order valence-corrected chi connectivity index (χ0v) is 12.6. The summed E-state index contributed by atoms with van der Waals surface area (Å²) < 4.78 is 0. The van der Waals surface area contributed by atoms with E-state index in [1.54, 1.807) is 12.3 Å². The predicted octanol–water partition coefficient (Wildman–Crippen LogP) is 0.690. The summed E-state index contributed by atoms with van der Waals surface area (Å²) in [7, 11) is 0. The highest BCUT2D eigenvalue weighted by atomic mass is 16.2. The number of pyridine rings is 1. The number of nitrogens with zero attached hydrogens (tertiary/aromatic N) is 1. The zero-order valence-electron chi connectivity index (χ0n) is 12.6. The fraction of sp³-hybridized carbons (Fsp3) is 0.312. The van der Waals surface area contributed by atoms with Crippen molar-refractivity contribution in [1.29, 1.82) is 0 Å². The third-order valence-corrected chi connectivity index (χ3v) is 3.16. The first-order chi connectivity index (χ1) is 10.7. The van der Waals surface area contributed by atoms with E-state index in [0.717, 1.165) is 10.9 Å². The molecule has 6 heteroatoms. The van der Waals surface area contributed by atoms with Crippen LogP contribution < -0.4 is 16.0 Å². The van der Waals surface area contributed by atoms with Crippen molar-refractivity contribution < 1.29 is 9.59 Å². The number of rotatable bonds is 7. The van der Waals surface area contributed by atoms with Crippen molar-refractivity contribution in [2.75, 3.05) is 26.2 Å². The van der Waals surface area contributed by atoms with Crippen molar-refractivity contribution in [1.82, 2.24) is 20.9 Å². The summed E-state index contributed by atoms with van der Waals surface area (Å²) in [5.41, 5.74) is 1.44. The molecule has 0 aliphatic carbocycles. The molecule has 2 rings (SSSR count). The van der Waals surface area contributed by atoms with Gasteiger partial charge in [-0.05, 0) is 12.1 Å². The summed E-state index contributed by atoms with van der Waals surface area (Å²) in [6.07, 6.45) is 1.64. The first-order valence-electron chi connectivity index (χ1n) is 7.25. The number of aromatic nitrogens is 1. The maximum atomic E-state index is 12.2. The summed E-state index contributed by atoms with van der Waals surface area (Å²) in [6, 6.07) is 9.29. The van der Waals surface area contributed by atoms with Crippen LogP contribution in [0.1, 0.15) is 17.3 Å². The first kappa shape index (κ1) is 15.9. The smallest absolute Gasteiger partial charge is 0.252 e. The predicted molar refractivity (Wildman–Crippen MR) is 85.6 cm³/mol. The molecule has 3 N–H and O–H groups in total. The Kier molecular flexibility index (Phi) is 5.85. The summed E-state index contributed by atoms with van der Waals surface area (Å²) >= 11 is 0. The lowest BCUT2D eigenvalue weighted by molar-refractivity contribution is -0.118. The Morgan fingerprint density at radius 3 is 2.50 bits per heavy atom. The van der Waals surface area contributed by atoms with Gasteiger partial charge in [-0.1, -0.05) is 18.2 Å². The molecule has 0 aliphatic heterocycles. The van der Waals surface area contributed by atoms with Crippen LogP contribution in [0.15, 0.2) is 36.5 Å². The normalized spacial score (nSPS) is 10.4. The number of nitrogens with one attached hydrogen (secondary N) is 3. The van der Waals surface area contributed by atoms with Crippen LogP contribution in [0.5, 0.6) is 0 Å². The van der Waals surface area contributed by atoms with Gasteiger partial charge in [0, 0.05) is 44.7 Å². The number of para-hydroxylation sites is 1. The zero-order chi connectivity index (χ0) is 15.8. The van der Waals surface area contributed by atoms with Gasteiger partial charge >= 0.3 is 0 Å². The van der Waals surface area contributed by atoms with E-state index in [9.17, 15) is 9.59 Å². The molecule has 0 unspecified atom stereocenters. The van der Waals surface area contributed by atoms with Crippen molar-refractivity contribution >= 4 is 22.7 Å². The molecule has 1 heterocycles. The van der Waals surface area contributed by atoms with Crippen LogP contribution >= 0.6 is 0 Å². The van der Waals surface area contributed by atoms with Crippen LogP contribution in [-0.4, -0.2) is 43.0 Å². The molecule has 0 atom stereocenters. The van der Waals surface area contributed by atoms with Crippen molar-refractivity contribution in [3.63, 3.8) is 0 Å². The van der Waals surface area contributed by atoms with E-state index in [0.29, 0.717) is 31.7 Å². The standard InChI is InChI=1S/C16H20N4O2/c1-12(21)18-10-8-17-9-11-20-16(22)14-6-7-19-15-5-3-2-4-13(14)15/h2-7,17H,8-11H2,1H3,(H,18,21)(H,20,22). The van der Waals surface area contributed by atoms with Gasteiger partial charge in [-0.2, -0.15) is 0 Å². The van der Waals surface area contributed by atoms with Gasteiger partial charge in [0.15, 0.2) is 0 Å². The minimum atomic E-state index is -0.109. The lowest BCUT2D eigenvalue weighted by Crippen LogP contribution is -2.35. The van der Waals surface area contributed by atoms with Crippen molar-refractivity contribution in [2.24, 2.45) is 0 Å². The first-order valence-corrected chi connectivity index (χ1v) is 7.25. The maximum Gasteiger partial charge on any atom is 0.252 e. The molecule has 0 spiro atoms. The molecule has 0 radical (unpaired) electrons. The molecule has 2 aromatic rings. The van der Waals surface area contributed by atoms with Gasteiger partial charge in [-0.15, -0.1) is 0 Å². The monoisotopic (exact) mass is 300 g/mol. The summed E-state index contributed by atoms with van der Waals surface area (Å²) in [5, 5.41) is 9.56. The van der Waals surface area contributed by atoms with E-state index < -0.39 is 0 Å². The molecule has 6 nitrogen and oxygen atoms in total. The van der Waals surface area contributed by atoms with E-state index in [1.807, 2.05) is 24.3 Å². The summed E-state index contributed by atoms with van der Waals surface area (Å²) in [4.78, 5) is 27.1. The topological polar surface area (TPSA) is 83.1 Å². The molecule has 1 aromatic heterocycles. The fourth-order valence-electron chi connectivity index (χ4n) is 2.11. The quantitative estimate of drug-likeness (QED) is 0.657. The van der Waals surface area contributed by atoms with Crippen molar-refractivity contribution in [3.05, 3.63) is 42.1 Å². The second-order valence-electron chi connectivity index (χ2n) is 4.86. The molecule has 22 heavy (non-hydrogen) atoms. The minimum absolute atomic E-state index is 0.0420. The molecule has 1 aromatic carbocycles. The molecular weight excluding hydrogens is 280 g/mol. The van der Waals surface area contributed by atoms with Gasteiger partial charge in [0.05, 0.1) is 11.1 Å². The molecule has 116 valence electrons. The van der Waals surface area contributed by atoms with E-state index in [4.69, 9.17) is 0 Å². The summed E-state index contributed by atoms with van der Waals surface area (Å²) in [6.45, 7) is 3.91. The van der Waals surface area contributed by atoms with Gasteiger partial charge in [0.1, 0.15) is 0 Å². The van der Waals surface area contributed by atoms with E-state index in [-0.39, 0.29) is 11.8 Å². The Hall–Kier alpha value is -2.47. The number of benzene rings is 1. The number of hydrogen-bond donors (Lipinski definition) is 3. The highest BCUT2D eigenvalue weighted by Gasteiger charge is 2.09. The third-order valence-electron chi connectivity index (χ3n) is 3.16. The lowest BCUT2D eigenvalue weighted by Gasteiger charge is -2.09. The van der Waals surface area contributed by atoms with Crippen molar-refractivity contribution in [3.8, 4) is 0 Å². The Morgan fingerprint density at radius 2 is 1.73 bits per heavy atom. The van der Waals surface area contributed by atoms with Crippen LogP contribution in [0.4, 0.5) is 0 Å². The van der Waals surface area contributed by atoms with Gasteiger partial charge < -0.3 is 16.0 Å². The molecule has 0 bridgehead atoms. The number of carbonyl (C=O) groups excluding carboxylic acids is 2. The molecule has 0 saturated heterocycles. The molecule has 0 aliphatic rings. The highest BCUT2D eigenvalue weighted by molar-refractivity contribution is 6.05. The van der Waals surface area contributed by atoms with Gasteiger partial charge in [0.25, 0.3) is 5.91 Å². The lowest BCUT2D eigenvalue weighted by atomic mass is 10.1. The number of amides is 2. The Morgan fingerprint density at radius 1 is 1.00 bits per heavy atom. The van der Waals surface area contributed by atoms with Gasteiger partial charge in [-0.25, -0.2) is 0 Å². The van der Waals surface area contributed by atoms with Crippen LogP contribution in [0, 0.1) is 0 Å². The molecular formula is C16H20N4O2. The van der Waals surface area contributed by atoms with Crippen molar-refractivity contribution in [2.45, 2.75) is 6.92 Å². The van der Waals surface area contributed by atoms with E-state index in [2.05, 4.69) is 20.9 Å². The number of hydrogen-bond acceptors (Lipinski definition) is 4. The van der Waals surface area contributed by atoms with Gasteiger partial charge in [-0.3, -0.25) is 14.6 Å². The molecule has 2 amide bonds. The summed E-state index contributed by atoms with van der Waals surface area (Å²) in [5.74, 6) is -0.151.